The molecule has 0 aromatic heterocycles. The molecule has 1 atom stereocenters. The average molecular weight is 262 g/mol. The Morgan fingerprint density at radius 3 is 3.05 bits per heavy atom. The largest absolute Gasteiger partial charge is 0.496 e. The van der Waals surface area contributed by atoms with E-state index in [9.17, 15) is 4.79 Å². The lowest BCUT2D eigenvalue weighted by molar-refractivity contribution is -0.124. The summed E-state index contributed by atoms with van der Waals surface area (Å²) in [6.45, 7) is 4.48. The number of carbonyl (C=O) groups excluding carboxylic acids is 1. The summed E-state index contributed by atoms with van der Waals surface area (Å²) in [7, 11) is 1.68. The van der Waals surface area contributed by atoms with Gasteiger partial charge in [0, 0.05) is 13.1 Å². The predicted octanol–water partition coefficient (Wildman–Crippen LogP) is 1.27. The van der Waals surface area contributed by atoms with E-state index in [1.165, 1.54) is 5.56 Å². The van der Waals surface area contributed by atoms with Gasteiger partial charge in [0.2, 0.25) is 5.91 Å². The number of hydrogen-bond donors (Lipinski definition) is 2. The zero-order valence-corrected chi connectivity index (χ0v) is 11.7. The van der Waals surface area contributed by atoms with Gasteiger partial charge in [-0.3, -0.25) is 4.79 Å². The van der Waals surface area contributed by atoms with E-state index in [1.807, 2.05) is 12.1 Å². The van der Waals surface area contributed by atoms with Crippen LogP contribution >= 0.6 is 0 Å². The van der Waals surface area contributed by atoms with E-state index in [-0.39, 0.29) is 11.8 Å². The molecule has 4 heteroatoms. The second kappa shape index (κ2) is 6.57. The van der Waals surface area contributed by atoms with E-state index < -0.39 is 0 Å². The zero-order valence-electron chi connectivity index (χ0n) is 11.7. The number of nitrogens with one attached hydrogen (secondary N) is 2. The van der Waals surface area contributed by atoms with E-state index in [2.05, 4.69) is 23.6 Å². The van der Waals surface area contributed by atoms with Crippen molar-refractivity contribution in [2.75, 3.05) is 26.7 Å². The number of amides is 1. The van der Waals surface area contributed by atoms with Crippen molar-refractivity contribution in [3.63, 3.8) is 0 Å². The van der Waals surface area contributed by atoms with Gasteiger partial charge >= 0.3 is 0 Å². The maximum absolute atomic E-state index is 11.9. The van der Waals surface area contributed by atoms with Crippen molar-refractivity contribution in [2.24, 2.45) is 5.92 Å². The normalized spacial score (nSPS) is 18.3. The second-order valence-corrected chi connectivity index (χ2v) is 5.05. The molecule has 0 radical (unpaired) electrons. The Balaban J connectivity index is 1.84. The molecule has 0 bridgehead atoms. The molecule has 0 saturated carbocycles. The maximum atomic E-state index is 11.9. The van der Waals surface area contributed by atoms with Gasteiger partial charge in [-0.15, -0.1) is 0 Å². The van der Waals surface area contributed by atoms with Crippen LogP contribution in [0.3, 0.4) is 0 Å². The Bertz CT molecular complexity index is 440. The summed E-state index contributed by atoms with van der Waals surface area (Å²) in [4.78, 5) is 11.9. The van der Waals surface area contributed by atoms with E-state index in [1.54, 1.807) is 7.11 Å². The summed E-state index contributed by atoms with van der Waals surface area (Å²) in [6, 6.07) is 6.13. The van der Waals surface area contributed by atoms with Crippen LogP contribution in [0.15, 0.2) is 18.2 Å². The molecule has 1 aromatic rings. The van der Waals surface area contributed by atoms with E-state index in [0.717, 1.165) is 37.2 Å². The first kappa shape index (κ1) is 13.9. The fraction of sp³-hybridized carbons (Fsp3) is 0.533. The maximum Gasteiger partial charge on any atom is 0.224 e. The first-order chi connectivity index (χ1) is 9.20. The highest BCUT2D eigenvalue weighted by atomic mass is 16.5. The van der Waals surface area contributed by atoms with Crippen LogP contribution in [0.2, 0.25) is 0 Å². The Morgan fingerprint density at radius 1 is 1.53 bits per heavy atom. The van der Waals surface area contributed by atoms with Gasteiger partial charge in [-0.05, 0) is 37.9 Å². The van der Waals surface area contributed by atoms with Crippen molar-refractivity contribution in [3.05, 3.63) is 29.3 Å². The molecule has 1 aromatic carbocycles. The fourth-order valence-electron chi connectivity index (χ4n) is 2.45. The van der Waals surface area contributed by atoms with E-state index in [4.69, 9.17) is 4.74 Å². The Kier molecular flexibility index (Phi) is 4.80. The smallest absolute Gasteiger partial charge is 0.224 e. The van der Waals surface area contributed by atoms with Crippen LogP contribution in [0, 0.1) is 12.8 Å². The summed E-state index contributed by atoms with van der Waals surface area (Å²) in [5, 5.41) is 6.22. The van der Waals surface area contributed by atoms with Crippen molar-refractivity contribution < 1.29 is 9.53 Å². The van der Waals surface area contributed by atoms with E-state index >= 15 is 0 Å². The van der Waals surface area contributed by atoms with Crippen molar-refractivity contribution in [1.82, 2.24) is 10.6 Å². The van der Waals surface area contributed by atoms with Crippen molar-refractivity contribution in [2.45, 2.75) is 19.8 Å². The van der Waals surface area contributed by atoms with Crippen LogP contribution in [0.25, 0.3) is 0 Å². The van der Waals surface area contributed by atoms with Gasteiger partial charge in [0.05, 0.1) is 13.0 Å². The summed E-state index contributed by atoms with van der Waals surface area (Å²) < 4.78 is 5.33. The minimum Gasteiger partial charge on any atom is -0.496 e. The number of benzene rings is 1. The number of hydrogen-bond acceptors (Lipinski definition) is 3. The standard InChI is InChI=1S/C15H22N2O2/c1-11-3-4-14(19-2)12(9-11)6-8-17-15(18)13-5-7-16-10-13/h3-4,9,13,16H,5-8,10H2,1-2H3,(H,17,18). The highest BCUT2D eigenvalue weighted by Gasteiger charge is 2.21. The minimum absolute atomic E-state index is 0.138. The summed E-state index contributed by atoms with van der Waals surface area (Å²) in [5.41, 5.74) is 2.36. The molecule has 19 heavy (non-hydrogen) atoms. The van der Waals surface area contributed by atoms with Crippen LogP contribution in [0.1, 0.15) is 17.5 Å². The third-order valence-corrected chi connectivity index (χ3v) is 3.56. The molecule has 1 unspecified atom stereocenters. The number of rotatable bonds is 5. The number of methoxy groups -OCH3 is 1. The molecule has 1 amide bonds. The molecule has 1 aliphatic rings. The number of ether oxygens (including phenoxy) is 1. The van der Waals surface area contributed by atoms with Crippen LogP contribution in [0.5, 0.6) is 5.75 Å². The lowest BCUT2D eigenvalue weighted by atomic mass is 10.1. The number of carbonyl (C=O) groups is 1. The Hall–Kier alpha value is -1.55. The quantitative estimate of drug-likeness (QED) is 0.840. The first-order valence-corrected chi connectivity index (χ1v) is 6.82. The molecule has 1 fully saturated rings. The first-order valence-electron chi connectivity index (χ1n) is 6.82. The molecular formula is C15H22N2O2. The number of aryl methyl sites for hydroxylation is 1. The molecule has 4 nitrogen and oxygen atoms in total. The molecule has 2 rings (SSSR count). The lowest BCUT2D eigenvalue weighted by Gasteiger charge is -2.12. The highest BCUT2D eigenvalue weighted by molar-refractivity contribution is 5.79. The van der Waals surface area contributed by atoms with Crippen LogP contribution < -0.4 is 15.4 Å². The van der Waals surface area contributed by atoms with Gasteiger partial charge < -0.3 is 15.4 Å². The molecule has 1 aliphatic heterocycles. The molecule has 0 aliphatic carbocycles. The minimum atomic E-state index is 0.138. The third kappa shape index (κ3) is 3.70. The molecule has 2 N–H and O–H groups in total. The SMILES string of the molecule is COc1ccc(C)cc1CCNC(=O)C1CCNC1. The predicted molar refractivity (Wildman–Crippen MR) is 75.4 cm³/mol. The monoisotopic (exact) mass is 262 g/mol. The van der Waals surface area contributed by atoms with Crippen LogP contribution in [-0.4, -0.2) is 32.7 Å². The Morgan fingerprint density at radius 2 is 2.37 bits per heavy atom. The van der Waals surface area contributed by atoms with Crippen molar-refractivity contribution >= 4 is 5.91 Å². The highest BCUT2D eigenvalue weighted by Crippen LogP contribution is 2.19. The fourth-order valence-corrected chi connectivity index (χ4v) is 2.45. The topological polar surface area (TPSA) is 50.4 Å². The van der Waals surface area contributed by atoms with Gasteiger partial charge in [0.1, 0.15) is 5.75 Å². The van der Waals surface area contributed by atoms with Gasteiger partial charge in [-0.2, -0.15) is 0 Å². The molecule has 104 valence electrons. The summed E-state index contributed by atoms with van der Waals surface area (Å²) in [5.74, 6) is 1.19. The van der Waals surface area contributed by atoms with Crippen LogP contribution in [-0.2, 0) is 11.2 Å². The molecule has 0 spiro atoms. The molecular weight excluding hydrogens is 240 g/mol. The average Bonchev–Trinajstić information content (AvgIpc) is 2.93. The van der Waals surface area contributed by atoms with Gasteiger partial charge in [-0.25, -0.2) is 0 Å². The molecule has 1 saturated heterocycles. The van der Waals surface area contributed by atoms with Crippen molar-refractivity contribution in [3.8, 4) is 5.75 Å². The van der Waals surface area contributed by atoms with Crippen molar-refractivity contribution in [1.29, 1.82) is 0 Å². The van der Waals surface area contributed by atoms with E-state index in [0.29, 0.717) is 6.54 Å². The third-order valence-electron chi connectivity index (χ3n) is 3.56. The van der Waals surface area contributed by atoms with Gasteiger partial charge in [-0.1, -0.05) is 17.7 Å². The summed E-state index contributed by atoms with van der Waals surface area (Å²) in [6.07, 6.45) is 1.75. The Labute approximate surface area is 114 Å². The van der Waals surface area contributed by atoms with Gasteiger partial charge in [0.15, 0.2) is 0 Å². The molecule has 1 heterocycles. The van der Waals surface area contributed by atoms with Crippen LogP contribution in [0.4, 0.5) is 0 Å². The lowest BCUT2D eigenvalue weighted by Crippen LogP contribution is -2.33. The zero-order chi connectivity index (χ0) is 13.7. The summed E-state index contributed by atoms with van der Waals surface area (Å²) >= 11 is 0. The second-order valence-electron chi connectivity index (χ2n) is 5.05. The van der Waals surface area contributed by atoms with Gasteiger partial charge in [0.25, 0.3) is 0 Å².